The fourth-order valence-electron chi connectivity index (χ4n) is 2.75. The molecular formula is C19H19NO. The molecule has 0 spiro atoms. The number of nitrogen functional groups attached to an aromatic ring is 1. The summed E-state index contributed by atoms with van der Waals surface area (Å²) < 4.78 is 5.99. The number of aryl methyl sites for hydroxylation is 2. The Morgan fingerprint density at radius 2 is 1.71 bits per heavy atom. The van der Waals surface area contributed by atoms with Crippen LogP contribution in [0.1, 0.15) is 16.7 Å². The van der Waals surface area contributed by atoms with Crippen LogP contribution >= 0.6 is 0 Å². The van der Waals surface area contributed by atoms with Gasteiger partial charge in [0, 0.05) is 0 Å². The summed E-state index contributed by atoms with van der Waals surface area (Å²) in [5, 5.41) is 2.45. The fourth-order valence-corrected chi connectivity index (χ4v) is 2.75. The SMILES string of the molecule is Cc1cc(C)c(OCc2cccc3ccccc23)c(N)c1. The zero-order valence-electron chi connectivity index (χ0n) is 12.4. The average Bonchev–Trinajstić information content (AvgIpc) is 2.46. The van der Waals surface area contributed by atoms with Gasteiger partial charge in [0.25, 0.3) is 0 Å². The number of rotatable bonds is 3. The number of anilines is 1. The highest BCUT2D eigenvalue weighted by atomic mass is 16.5. The van der Waals surface area contributed by atoms with Crippen LogP contribution in [0.2, 0.25) is 0 Å². The van der Waals surface area contributed by atoms with E-state index in [1.54, 1.807) is 0 Å². The lowest BCUT2D eigenvalue weighted by molar-refractivity contribution is 0.307. The minimum Gasteiger partial charge on any atom is -0.486 e. The lowest BCUT2D eigenvalue weighted by atomic mass is 10.1. The Kier molecular flexibility index (Phi) is 3.53. The van der Waals surface area contributed by atoms with E-state index in [4.69, 9.17) is 10.5 Å². The van der Waals surface area contributed by atoms with Crippen LogP contribution in [0.5, 0.6) is 5.75 Å². The molecule has 0 heterocycles. The van der Waals surface area contributed by atoms with Crippen molar-refractivity contribution in [2.45, 2.75) is 20.5 Å². The first-order valence-electron chi connectivity index (χ1n) is 7.11. The first kappa shape index (κ1) is 13.5. The zero-order valence-corrected chi connectivity index (χ0v) is 12.4. The number of hydrogen-bond acceptors (Lipinski definition) is 2. The van der Waals surface area contributed by atoms with Crippen LogP contribution in [0.15, 0.2) is 54.6 Å². The van der Waals surface area contributed by atoms with Crippen molar-refractivity contribution in [3.8, 4) is 5.75 Å². The molecule has 0 aliphatic rings. The van der Waals surface area contributed by atoms with Gasteiger partial charge in [-0.15, -0.1) is 0 Å². The van der Waals surface area contributed by atoms with E-state index in [2.05, 4.69) is 48.5 Å². The van der Waals surface area contributed by atoms with Gasteiger partial charge in [-0.2, -0.15) is 0 Å². The Labute approximate surface area is 125 Å². The molecule has 2 nitrogen and oxygen atoms in total. The van der Waals surface area contributed by atoms with Crippen LogP contribution in [0, 0.1) is 13.8 Å². The lowest BCUT2D eigenvalue weighted by Crippen LogP contribution is -2.01. The molecule has 0 aliphatic heterocycles. The van der Waals surface area contributed by atoms with Gasteiger partial charge in [-0.25, -0.2) is 0 Å². The Hall–Kier alpha value is -2.48. The molecule has 0 atom stereocenters. The molecule has 0 saturated heterocycles. The summed E-state index contributed by atoms with van der Waals surface area (Å²) in [5.74, 6) is 0.786. The highest BCUT2D eigenvalue weighted by molar-refractivity contribution is 5.85. The van der Waals surface area contributed by atoms with E-state index in [0.29, 0.717) is 12.3 Å². The molecule has 3 aromatic carbocycles. The second kappa shape index (κ2) is 5.49. The van der Waals surface area contributed by atoms with E-state index >= 15 is 0 Å². The average molecular weight is 277 g/mol. The maximum Gasteiger partial charge on any atom is 0.145 e. The van der Waals surface area contributed by atoms with E-state index in [9.17, 15) is 0 Å². The topological polar surface area (TPSA) is 35.2 Å². The van der Waals surface area contributed by atoms with Gasteiger partial charge in [0.05, 0.1) is 5.69 Å². The van der Waals surface area contributed by atoms with Gasteiger partial charge in [0.1, 0.15) is 12.4 Å². The van der Waals surface area contributed by atoms with Gasteiger partial charge in [0.15, 0.2) is 0 Å². The van der Waals surface area contributed by atoms with Crippen molar-refractivity contribution in [1.82, 2.24) is 0 Å². The number of nitrogens with two attached hydrogens (primary N) is 1. The summed E-state index contributed by atoms with van der Waals surface area (Å²) in [6.07, 6.45) is 0. The van der Waals surface area contributed by atoms with Crippen LogP contribution in [-0.2, 0) is 6.61 Å². The molecule has 0 amide bonds. The molecule has 0 aliphatic carbocycles. The normalized spacial score (nSPS) is 10.8. The largest absolute Gasteiger partial charge is 0.486 e. The molecule has 3 aromatic rings. The highest BCUT2D eigenvalue weighted by Gasteiger charge is 2.07. The predicted molar refractivity (Wildman–Crippen MR) is 88.6 cm³/mol. The Morgan fingerprint density at radius 1 is 0.952 bits per heavy atom. The van der Waals surface area contributed by atoms with Crippen molar-refractivity contribution in [2.24, 2.45) is 0 Å². The summed E-state index contributed by atoms with van der Waals surface area (Å²) >= 11 is 0. The van der Waals surface area contributed by atoms with Gasteiger partial charge >= 0.3 is 0 Å². The maximum absolute atomic E-state index is 6.07. The Balaban J connectivity index is 1.91. The Morgan fingerprint density at radius 3 is 2.52 bits per heavy atom. The highest BCUT2D eigenvalue weighted by Crippen LogP contribution is 2.29. The summed E-state index contributed by atoms with van der Waals surface area (Å²) in [4.78, 5) is 0. The summed E-state index contributed by atoms with van der Waals surface area (Å²) in [5.41, 5.74) is 10.2. The van der Waals surface area contributed by atoms with Gasteiger partial charge in [-0.1, -0.05) is 48.5 Å². The number of hydrogen-bond donors (Lipinski definition) is 1. The van der Waals surface area contributed by atoms with E-state index < -0.39 is 0 Å². The molecule has 2 heteroatoms. The minimum absolute atomic E-state index is 0.523. The first-order chi connectivity index (χ1) is 10.1. The molecule has 3 rings (SSSR count). The van der Waals surface area contributed by atoms with Crippen LogP contribution in [0.3, 0.4) is 0 Å². The van der Waals surface area contributed by atoms with Crippen molar-refractivity contribution >= 4 is 16.5 Å². The van der Waals surface area contributed by atoms with Gasteiger partial charge in [0.2, 0.25) is 0 Å². The Bertz CT molecular complexity index is 764. The third-order valence-corrected chi connectivity index (χ3v) is 3.70. The van der Waals surface area contributed by atoms with E-state index in [-0.39, 0.29) is 0 Å². The van der Waals surface area contributed by atoms with Crippen LogP contribution < -0.4 is 10.5 Å². The minimum atomic E-state index is 0.523. The molecule has 0 fully saturated rings. The number of ether oxygens (including phenoxy) is 1. The third-order valence-electron chi connectivity index (χ3n) is 3.70. The number of benzene rings is 3. The third kappa shape index (κ3) is 2.70. The molecule has 21 heavy (non-hydrogen) atoms. The van der Waals surface area contributed by atoms with Crippen molar-refractivity contribution < 1.29 is 4.74 Å². The number of fused-ring (bicyclic) bond motifs is 1. The zero-order chi connectivity index (χ0) is 14.8. The van der Waals surface area contributed by atoms with Crippen LogP contribution in [-0.4, -0.2) is 0 Å². The molecule has 0 radical (unpaired) electrons. The van der Waals surface area contributed by atoms with Crippen molar-refractivity contribution in [3.05, 3.63) is 71.3 Å². The van der Waals surface area contributed by atoms with Crippen molar-refractivity contribution in [3.63, 3.8) is 0 Å². The summed E-state index contributed by atoms with van der Waals surface area (Å²) in [6, 6.07) is 18.7. The van der Waals surface area contributed by atoms with E-state index in [1.807, 2.05) is 19.9 Å². The smallest absolute Gasteiger partial charge is 0.145 e. The van der Waals surface area contributed by atoms with Gasteiger partial charge in [-0.05, 0) is 47.4 Å². The molecule has 106 valence electrons. The fraction of sp³-hybridized carbons (Fsp3) is 0.158. The molecule has 0 unspecified atom stereocenters. The van der Waals surface area contributed by atoms with Crippen LogP contribution in [0.25, 0.3) is 10.8 Å². The molecule has 0 bridgehead atoms. The maximum atomic E-state index is 6.07. The van der Waals surface area contributed by atoms with E-state index in [1.165, 1.54) is 16.3 Å². The second-order valence-electron chi connectivity index (χ2n) is 5.43. The van der Waals surface area contributed by atoms with Crippen LogP contribution in [0.4, 0.5) is 5.69 Å². The van der Waals surface area contributed by atoms with Crippen molar-refractivity contribution in [2.75, 3.05) is 5.73 Å². The molecule has 0 aromatic heterocycles. The summed E-state index contributed by atoms with van der Waals surface area (Å²) in [6.45, 7) is 4.59. The van der Waals surface area contributed by atoms with Gasteiger partial charge in [-0.3, -0.25) is 0 Å². The van der Waals surface area contributed by atoms with Crippen molar-refractivity contribution in [1.29, 1.82) is 0 Å². The quantitative estimate of drug-likeness (QED) is 0.709. The van der Waals surface area contributed by atoms with Gasteiger partial charge < -0.3 is 10.5 Å². The van der Waals surface area contributed by atoms with E-state index in [0.717, 1.165) is 16.9 Å². The molecule has 2 N–H and O–H groups in total. The molecule has 0 saturated carbocycles. The summed E-state index contributed by atoms with van der Waals surface area (Å²) in [7, 11) is 0. The second-order valence-corrected chi connectivity index (χ2v) is 5.43. The lowest BCUT2D eigenvalue weighted by Gasteiger charge is -2.14. The molecular weight excluding hydrogens is 258 g/mol. The monoisotopic (exact) mass is 277 g/mol. The standard InChI is InChI=1S/C19H19NO/c1-13-10-14(2)19(18(20)11-13)21-12-16-8-5-7-15-6-3-4-9-17(15)16/h3-11H,12,20H2,1-2H3. The first-order valence-corrected chi connectivity index (χ1v) is 7.11. The predicted octanol–water partition coefficient (Wildman–Crippen LogP) is 4.62.